The van der Waals surface area contributed by atoms with Crippen LogP contribution >= 0.6 is 0 Å². The first kappa shape index (κ1) is 18.4. The molecule has 0 aliphatic rings. The zero-order valence-electron chi connectivity index (χ0n) is 13.8. The maximum Gasteiger partial charge on any atom is 0.237 e. The number of primary amides is 1. The third-order valence-electron chi connectivity index (χ3n) is 4.21. The van der Waals surface area contributed by atoms with Crippen molar-refractivity contribution in [2.45, 2.75) is 66.0 Å². The van der Waals surface area contributed by atoms with E-state index >= 15 is 0 Å². The summed E-state index contributed by atoms with van der Waals surface area (Å²) in [4.78, 5) is 13.9. The molecule has 19 heavy (non-hydrogen) atoms. The average Bonchev–Trinajstić information content (AvgIpc) is 2.26. The molecule has 2 unspecified atom stereocenters. The molecule has 0 fully saturated rings. The van der Waals surface area contributed by atoms with Crippen LogP contribution in [-0.2, 0) is 4.79 Å². The molecule has 0 spiro atoms. The SMILES string of the molecule is CCNC(C)(CCCN(C)C(C)C(C)(C)C)C(N)=O. The number of likely N-dealkylation sites (N-methyl/N-ethyl adjacent to an activating group) is 1. The van der Waals surface area contributed by atoms with Crippen LogP contribution in [0.5, 0.6) is 0 Å². The Morgan fingerprint density at radius 3 is 2.21 bits per heavy atom. The predicted octanol–water partition coefficient (Wildman–Crippen LogP) is 1.99. The van der Waals surface area contributed by atoms with Crippen LogP contribution in [0.1, 0.15) is 54.4 Å². The van der Waals surface area contributed by atoms with Crippen LogP contribution in [0.25, 0.3) is 0 Å². The maximum absolute atomic E-state index is 11.5. The first-order valence-electron chi connectivity index (χ1n) is 7.29. The lowest BCUT2D eigenvalue weighted by Crippen LogP contribution is -2.53. The zero-order chi connectivity index (χ0) is 15.3. The van der Waals surface area contributed by atoms with Crippen LogP contribution in [0, 0.1) is 5.41 Å². The molecule has 0 aromatic heterocycles. The van der Waals surface area contributed by atoms with Gasteiger partial charge in [0.15, 0.2) is 0 Å². The molecule has 0 aromatic rings. The number of amides is 1. The second-order valence-electron chi connectivity index (χ2n) is 6.85. The molecule has 0 heterocycles. The van der Waals surface area contributed by atoms with Gasteiger partial charge >= 0.3 is 0 Å². The molecular weight excluding hydrogens is 238 g/mol. The van der Waals surface area contributed by atoms with Gasteiger partial charge in [-0.15, -0.1) is 0 Å². The molecule has 3 N–H and O–H groups in total. The largest absolute Gasteiger partial charge is 0.368 e. The van der Waals surface area contributed by atoms with Crippen LogP contribution in [0.2, 0.25) is 0 Å². The van der Waals surface area contributed by atoms with Gasteiger partial charge in [0, 0.05) is 6.04 Å². The van der Waals surface area contributed by atoms with Gasteiger partial charge in [-0.3, -0.25) is 4.79 Å². The van der Waals surface area contributed by atoms with Crippen molar-refractivity contribution < 1.29 is 4.79 Å². The number of nitrogens with two attached hydrogens (primary N) is 1. The molecule has 4 nitrogen and oxygen atoms in total. The van der Waals surface area contributed by atoms with Gasteiger partial charge in [-0.05, 0) is 52.2 Å². The van der Waals surface area contributed by atoms with E-state index in [9.17, 15) is 4.79 Å². The van der Waals surface area contributed by atoms with Crippen LogP contribution in [0.15, 0.2) is 0 Å². The molecule has 1 amide bonds. The van der Waals surface area contributed by atoms with Crippen molar-refractivity contribution in [3.05, 3.63) is 0 Å². The monoisotopic (exact) mass is 271 g/mol. The Hall–Kier alpha value is -0.610. The van der Waals surface area contributed by atoms with E-state index in [2.05, 4.69) is 45.0 Å². The van der Waals surface area contributed by atoms with E-state index < -0.39 is 5.54 Å². The summed E-state index contributed by atoms with van der Waals surface area (Å²) in [5.74, 6) is -0.263. The molecule has 0 radical (unpaired) electrons. The molecule has 0 bridgehead atoms. The molecule has 0 rings (SSSR count). The standard InChI is InChI=1S/C15H33N3O/c1-8-17-15(6,13(16)19)10-9-11-18(7)12(2)14(3,4)5/h12,17H,8-11H2,1-7H3,(H2,16,19). The smallest absolute Gasteiger partial charge is 0.237 e. The van der Waals surface area contributed by atoms with Gasteiger partial charge in [0.1, 0.15) is 0 Å². The lowest BCUT2D eigenvalue weighted by molar-refractivity contribution is -0.124. The van der Waals surface area contributed by atoms with E-state index in [0.717, 1.165) is 25.9 Å². The Labute approximate surface area is 119 Å². The minimum Gasteiger partial charge on any atom is -0.368 e. The van der Waals surface area contributed by atoms with E-state index in [1.54, 1.807) is 0 Å². The number of carbonyl (C=O) groups excluding carboxylic acids is 1. The number of carbonyl (C=O) groups is 1. The van der Waals surface area contributed by atoms with Gasteiger partial charge in [0.2, 0.25) is 5.91 Å². The van der Waals surface area contributed by atoms with Crippen molar-refractivity contribution >= 4 is 5.91 Å². The third-order valence-corrected chi connectivity index (χ3v) is 4.21. The summed E-state index contributed by atoms with van der Waals surface area (Å²) in [6, 6.07) is 0.506. The summed E-state index contributed by atoms with van der Waals surface area (Å²) in [6.45, 7) is 14.6. The molecule has 0 aliphatic heterocycles. The van der Waals surface area contributed by atoms with E-state index in [1.807, 2.05) is 13.8 Å². The van der Waals surface area contributed by atoms with Gasteiger partial charge < -0.3 is 16.0 Å². The Morgan fingerprint density at radius 1 is 1.32 bits per heavy atom. The van der Waals surface area contributed by atoms with Crippen LogP contribution < -0.4 is 11.1 Å². The van der Waals surface area contributed by atoms with Gasteiger partial charge in [-0.1, -0.05) is 27.7 Å². The Balaban J connectivity index is 4.31. The Bertz CT molecular complexity index is 286. The first-order valence-corrected chi connectivity index (χ1v) is 7.29. The van der Waals surface area contributed by atoms with Crippen molar-refractivity contribution in [1.82, 2.24) is 10.2 Å². The number of nitrogens with zero attached hydrogens (tertiary/aromatic N) is 1. The van der Waals surface area contributed by atoms with Crippen molar-refractivity contribution in [3.63, 3.8) is 0 Å². The zero-order valence-corrected chi connectivity index (χ0v) is 13.8. The van der Waals surface area contributed by atoms with Crippen LogP contribution in [0.3, 0.4) is 0 Å². The number of hydrogen-bond donors (Lipinski definition) is 2. The second kappa shape index (κ2) is 7.25. The molecule has 114 valence electrons. The summed E-state index contributed by atoms with van der Waals surface area (Å²) >= 11 is 0. The fourth-order valence-electron chi connectivity index (χ4n) is 2.23. The van der Waals surface area contributed by atoms with E-state index in [0.29, 0.717) is 6.04 Å². The van der Waals surface area contributed by atoms with E-state index in [-0.39, 0.29) is 11.3 Å². The number of hydrogen-bond acceptors (Lipinski definition) is 3. The van der Waals surface area contributed by atoms with Gasteiger partial charge in [-0.2, -0.15) is 0 Å². The van der Waals surface area contributed by atoms with Gasteiger partial charge in [-0.25, -0.2) is 0 Å². The summed E-state index contributed by atoms with van der Waals surface area (Å²) in [6.07, 6.45) is 1.74. The normalized spacial score (nSPS) is 17.3. The number of rotatable bonds is 8. The minimum absolute atomic E-state index is 0.263. The van der Waals surface area contributed by atoms with Crippen molar-refractivity contribution in [1.29, 1.82) is 0 Å². The van der Waals surface area contributed by atoms with E-state index in [4.69, 9.17) is 5.73 Å². The van der Waals surface area contributed by atoms with Crippen LogP contribution in [0.4, 0.5) is 0 Å². The van der Waals surface area contributed by atoms with Crippen LogP contribution in [-0.4, -0.2) is 42.5 Å². The average molecular weight is 271 g/mol. The van der Waals surface area contributed by atoms with Gasteiger partial charge in [0.05, 0.1) is 5.54 Å². The second-order valence-corrected chi connectivity index (χ2v) is 6.85. The quantitative estimate of drug-likeness (QED) is 0.710. The Morgan fingerprint density at radius 2 is 1.84 bits per heavy atom. The Kier molecular flexibility index (Phi) is 7.01. The van der Waals surface area contributed by atoms with Crippen molar-refractivity contribution in [3.8, 4) is 0 Å². The fraction of sp³-hybridized carbons (Fsp3) is 0.933. The topological polar surface area (TPSA) is 58.4 Å². The summed E-state index contributed by atoms with van der Waals surface area (Å²) in [7, 11) is 2.14. The van der Waals surface area contributed by atoms with Crippen molar-refractivity contribution in [2.75, 3.05) is 20.1 Å². The summed E-state index contributed by atoms with van der Waals surface area (Å²) in [5.41, 5.74) is 5.17. The molecule has 0 aromatic carbocycles. The highest BCUT2D eigenvalue weighted by Gasteiger charge is 2.30. The molecule has 2 atom stereocenters. The highest BCUT2D eigenvalue weighted by molar-refractivity contribution is 5.84. The highest BCUT2D eigenvalue weighted by Crippen LogP contribution is 2.23. The first-order chi connectivity index (χ1) is 8.54. The number of nitrogens with one attached hydrogen (secondary N) is 1. The molecule has 0 aliphatic carbocycles. The lowest BCUT2D eigenvalue weighted by Gasteiger charge is -2.36. The molecular formula is C15H33N3O. The maximum atomic E-state index is 11.5. The molecule has 0 saturated carbocycles. The predicted molar refractivity (Wildman–Crippen MR) is 82.1 cm³/mol. The fourth-order valence-corrected chi connectivity index (χ4v) is 2.23. The highest BCUT2D eigenvalue weighted by atomic mass is 16.1. The summed E-state index contributed by atoms with van der Waals surface area (Å²) < 4.78 is 0. The summed E-state index contributed by atoms with van der Waals surface area (Å²) in [5, 5.41) is 3.20. The molecule has 4 heteroatoms. The van der Waals surface area contributed by atoms with E-state index in [1.165, 1.54) is 0 Å². The minimum atomic E-state index is -0.583. The van der Waals surface area contributed by atoms with Crippen molar-refractivity contribution in [2.24, 2.45) is 11.1 Å². The lowest BCUT2D eigenvalue weighted by atomic mass is 9.87. The molecule has 0 saturated heterocycles. The van der Waals surface area contributed by atoms with Gasteiger partial charge in [0.25, 0.3) is 0 Å². The third kappa shape index (κ3) is 5.91.